The van der Waals surface area contributed by atoms with Crippen LogP contribution in [0.3, 0.4) is 0 Å². The zero-order valence-electron chi connectivity index (χ0n) is 12.7. The molecule has 2 aromatic carbocycles. The molecule has 3 heteroatoms. The summed E-state index contributed by atoms with van der Waals surface area (Å²) in [6.07, 6.45) is 0. The van der Waals surface area contributed by atoms with Crippen molar-refractivity contribution in [1.82, 2.24) is 0 Å². The summed E-state index contributed by atoms with van der Waals surface area (Å²) >= 11 is 5.71. The fourth-order valence-corrected chi connectivity index (χ4v) is 2.48. The molecule has 0 heterocycles. The van der Waals surface area contributed by atoms with E-state index in [-0.39, 0.29) is 0 Å². The maximum atomic E-state index is 5.71. The van der Waals surface area contributed by atoms with Crippen molar-refractivity contribution in [2.75, 3.05) is 18.6 Å². The van der Waals surface area contributed by atoms with E-state index in [4.69, 9.17) is 17.0 Å². The number of methoxy groups -OCH3 is 1. The number of nitrogens with zero attached hydrogens (tertiary/aromatic N) is 1. The summed E-state index contributed by atoms with van der Waals surface area (Å²) in [6, 6.07) is 18.2. The summed E-state index contributed by atoms with van der Waals surface area (Å²) in [5.41, 5.74) is 2.17. The third-order valence-electron chi connectivity index (χ3n) is 3.20. The van der Waals surface area contributed by atoms with Gasteiger partial charge in [-0.25, -0.2) is 0 Å². The van der Waals surface area contributed by atoms with E-state index in [1.807, 2.05) is 42.5 Å². The van der Waals surface area contributed by atoms with Crippen LogP contribution in [0.1, 0.15) is 19.4 Å². The molecule has 0 aliphatic rings. The first kappa shape index (κ1) is 15.5. The number of ether oxygens (including phenoxy) is 1. The summed E-state index contributed by atoms with van der Waals surface area (Å²) in [6.45, 7) is 5.30. The standard InChI is InChI=1S/C18H21NOS/c1-14(2)13-19(16-7-5-4-6-8-16)18(21)15-9-11-17(20-3)12-10-15/h4-12,14H,13H2,1-3H3. The van der Waals surface area contributed by atoms with Crippen LogP contribution in [0.4, 0.5) is 5.69 Å². The van der Waals surface area contributed by atoms with E-state index in [0.29, 0.717) is 5.92 Å². The molecule has 2 rings (SSSR count). The van der Waals surface area contributed by atoms with Gasteiger partial charge in [0.1, 0.15) is 10.7 Å². The molecular formula is C18H21NOS. The lowest BCUT2D eigenvalue weighted by atomic mass is 10.1. The first-order valence-corrected chi connectivity index (χ1v) is 7.53. The fraction of sp³-hybridized carbons (Fsp3) is 0.278. The van der Waals surface area contributed by atoms with Gasteiger partial charge in [0, 0.05) is 17.8 Å². The van der Waals surface area contributed by atoms with Gasteiger partial charge in [0.15, 0.2) is 0 Å². The Morgan fingerprint density at radius 3 is 2.19 bits per heavy atom. The molecular weight excluding hydrogens is 278 g/mol. The van der Waals surface area contributed by atoms with Gasteiger partial charge in [-0.3, -0.25) is 0 Å². The molecule has 0 N–H and O–H groups in total. The molecule has 0 saturated heterocycles. The Hall–Kier alpha value is -1.87. The zero-order valence-corrected chi connectivity index (χ0v) is 13.6. The smallest absolute Gasteiger partial charge is 0.118 e. The molecule has 0 radical (unpaired) electrons. The number of rotatable bonds is 5. The minimum atomic E-state index is 0.529. The molecule has 0 fully saturated rings. The van der Waals surface area contributed by atoms with Crippen LogP contribution in [0.5, 0.6) is 5.75 Å². The normalized spacial score (nSPS) is 10.5. The second-order valence-corrected chi connectivity index (χ2v) is 5.76. The van der Waals surface area contributed by atoms with Gasteiger partial charge in [0.25, 0.3) is 0 Å². The lowest BCUT2D eigenvalue weighted by molar-refractivity contribution is 0.415. The predicted octanol–water partition coefficient (Wildman–Crippen LogP) is 4.53. The molecule has 2 aromatic rings. The van der Waals surface area contributed by atoms with Gasteiger partial charge < -0.3 is 9.64 Å². The Bertz CT molecular complexity index is 578. The molecule has 0 amide bonds. The van der Waals surface area contributed by atoms with E-state index in [1.54, 1.807) is 7.11 Å². The van der Waals surface area contributed by atoms with Crippen molar-refractivity contribution in [3.8, 4) is 5.75 Å². The summed E-state index contributed by atoms with van der Waals surface area (Å²) < 4.78 is 5.20. The third kappa shape index (κ3) is 4.05. The number of thiocarbonyl (C=S) groups is 1. The molecule has 0 saturated carbocycles. The molecule has 0 aliphatic heterocycles. The van der Waals surface area contributed by atoms with E-state index < -0.39 is 0 Å². The molecule has 0 aromatic heterocycles. The van der Waals surface area contributed by atoms with Gasteiger partial charge in [-0.15, -0.1) is 0 Å². The van der Waals surface area contributed by atoms with Gasteiger partial charge in [0.2, 0.25) is 0 Å². The highest BCUT2D eigenvalue weighted by Crippen LogP contribution is 2.21. The van der Waals surface area contributed by atoms with Crippen molar-refractivity contribution in [2.45, 2.75) is 13.8 Å². The first-order valence-electron chi connectivity index (χ1n) is 7.12. The van der Waals surface area contributed by atoms with Crippen LogP contribution >= 0.6 is 12.2 Å². The highest BCUT2D eigenvalue weighted by atomic mass is 32.1. The fourth-order valence-electron chi connectivity index (χ4n) is 2.17. The van der Waals surface area contributed by atoms with Crippen molar-refractivity contribution >= 4 is 22.9 Å². The van der Waals surface area contributed by atoms with Crippen molar-refractivity contribution in [3.05, 3.63) is 60.2 Å². The van der Waals surface area contributed by atoms with E-state index in [0.717, 1.165) is 28.5 Å². The average Bonchev–Trinajstić information content (AvgIpc) is 2.53. The summed E-state index contributed by atoms with van der Waals surface area (Å²) in [4.78, 5) is 3.04. The Kier molecular flexibility index (Phi) is 5.34. The van der Waals surface area contributed by atoms with Crippen molar-refractivity contribution < 1.29 is 4.74 Å². The second-order valence-electron chi connectivity index (χ2n) is 5.37. The largest absolute Gasteiger partial charge is 0.497 e. The van der Waals surface area contributed by atoms with Crippen LogP contribution in [-0.2, 0) is 0 Å². The topological polar surface area (TPSA) is 12.5 Å². The number of anilines is 1. The summed E-state index contributed by atoms with van der Waals surface area (Å²) in [7, 11) is 1.67. The van der Waals surface area contributed by atoms with E-state index >= 15 is 0 Å². The van der Waals surface area contributed by atoms with Crippen LogP contribution in [0.15, 0.2) is 54.6 Å². The Morgan fingerprint density at radius 1 is 1.05 bits per heavy atom. The third-order valence-corrected chi connectivity index (χ3v) is 3.65. The van der Waals surface area contributed by atoms with Crippen molar-refractivity contribution in [1.29, 1.82) is 0 Å². The molecule has 110 valence electrons. The highest BCUT2D eigenvalue weighted by Gasteiger charge is 2.15. The molecule has 21 heavy (non-hydrogen) atoms. The van der Waals surface area contributed by atoms with Crippen molar-refractivity contribution in [2.24, 2.45) is 5.92 Å². The van der Waals surface area contributed by atoms with Crippen LogP contribution < -0.4 is 9.64 Å². The lowest BCUT2D eigenvalue weighted by Crippen LogP contribution is -2.33. The van der Waals surface area contributed by atoms with Crippen LogP contribution in [0.25, 0.3) is 0 Å². The SMILES string of the molecule is COc1ccc(C(=S)N(CC(C)C)c2ccccc2)cc1. The first-order chi connectivity index (χ1) is 10.1. The van der Waals surface area contributed by atoms with Gasteiger partial charge in [-0.05, 0) is 42.3 Å². The molecule has 0 atom stereocenters. The molecule has 2 nitrogen and oxygen atoms in total. The Balaban J connectivity index is 2.29. The van der Waals surface area contributed by atoms with Gasteiger partial charge in [-0.2, -0.15) is 0 Å². The predicted molar refractivity (Wildman–Crippen MR) is 93.3 cm³/mol. The number of hydrogen-bond donors (Lipinski definition) is 0. The number of para-hydroxylation sites is 1. The molecule has 0 unspecified atom stereocenters. The summed E-state index contributed by atoms with van der Waals surface area (Å²) in [5.74, 6) is 1.37. The molecule has 0 spiro atoms. The number of hydrogen-bond acceptors (Lipinski definition) is 2. The zero-order chi connectivity index (χ0) is 15.2. The van der Waals surface area contributed by atoms with E-state index in [1.165, 1.54) is 0 Å². The maximum Gasteiger partial charge on any atom is 0.118 e. The minimum Gasteiger partial charge on any atom is -0.497 e. The lowest BCUT2D eigenvalue weighted by Gasteiger charge is -2.27. The molecule has 0 aliphatic carbocycles. The van der Waals surface area contributed by atoms with Crippen LogP contribution in [0.2, 0.25) is 0 Å². The monoisotopic (exact) mass is 299 g/mol. The number of benzene rings is 2. The summed E-state index contributed by atoms with van der Waals surface area (Å²) in [5, 5.41) is 0. The minimum absolute atomic E-state index is 0.529. The quantitative estimate of drug-likeness (QED) is 0.752. The highest BCUT2D eigenvalue weighted by molar-refractivity contribution is 7.81. The van der Waals surface area contributed by atoms with E-state index in [2.05, 4.69) is 30.9 Å². The van der Waals surface area contributed by atoms with Gasteiger partial charge in [0.05, 0.1) is 7.11 Å². The van der Waals surface area contributed by atoms with Gasteiger partial charge >= 0.3 is 0 Å². The second kappa shape index (κ2) is 7.23. The van der Waals surface area contributed by atoms with E-state index in [9.17, 15) is 0 Å². The Morgan fingerprint density at radius 2 is 1.67 bits per heavy atom. The van der Waals surface area contributed by atoms with Crippen molar-refractivity contribution in [3.63, 3.8) is 0 Å². The maximum absolute atomic E-state index is 5.71. The van der Waals surface area contributed by atoms with Gasteiger partial charge in [-0.1, -0.05) is 44.3 Å². The molecule has 0 bridgehead atoms. The van der Waals surface area contributed by atoms with Crippen LogP contribution in [-0.4, -0.2) is 18.6 Å². The average molecular weight is 299 g/mol. The Labute approximate surface area is 132 Å². The van der Waals surface area contributed by atoms with Crippen LogP contribution in [0, 0.1) is 5.92 Å².